The summed E-state index contributed by atoms with van der Waals surface area (Å²) in [6.07, 6.45) is 5.59. The van der Waals surface area contributed by atoms with E-state index in [4.69, 9.17) is 4.74 Å². The first-order valence-electron chi connectivity index (χ1n) is 10.6. The number of imide groups is 1. The molecule has 2 aliphatic rings. The molecule has 1 heterocycles. The van der Waals surface area contributed by atoms with Gasteiger partial charge >= 0.3 is 12.0 Å². The Morgan fingerprint density at radius 3 is 2.70 bits per heavy atom. The molecule has 0 aromatic heterocycles. The molecule has 1 aliphatic carbocycles. The van der Waals surface area contributed by atoms with Crippen molar-refractivity contribution in [1.29, 1.82) is 0 Å². The maximum absolute atomic E-state index is 12.3. The second-order valence-corrected chi connectivity index (χ2v) is 8.09. The summed E-state index contributed by atoms with van der Waals surface area (Å²) in [5, 5.41) is 5.03. The van der Waals surface area contributed by atoms with Gasteiger partial charge in [-0.15, -0.1) is 0 Å². The summed E-state index contributed by atoms with van der Waals surface area (Å²) in [5.74, 6) is -0.842. The minimum absolute atomic E-state index is 0.0549. The number of esters is 1. The van der Waals surface area contributed by atoms with Gasteiger partial charge in [-0.3, -0.25) is 14.9 Å². The molecule has 3 rings (SSSR count). The largest absolute Gasteiger partial charge is 0.452 e. The number of nitrogens with one attached hydrogen (secondary N) is 2. The summed E-state index contributed by atoms with van der Waals surface area (Å²) in [4.78, 5) is 49.7. The van der Waals surface area contributed by atoms with Crippen molar-refractivity contribution in [1.82, 2.24) is 15.5 Å². The van der Waals surface area contributed by atoms with Crippen LogP contribution in [0.3, 0.4) is 0 Å². The lowest BCUT2D eigenvalue weighted by Gasteiger charge is -2.29. The molecule has 2 fully saturated rings. The van der Waals surface area contributed by atoms with E-state index in [9.17, 15) is 19.2 Å². The van der Waals surface area contributed by atoms with E-state index >= 15 is 0 Å². The molecule has 1 saturated heterocycles. The minimum atomic E-state index is -0.678. The highest BCUT2D eigenvalue weighted by atomic mass is 16.5. The first-order valence-corrected chi connectivity index (χ1v) is 10.6. The molecule has 30 heavy (non-hydrogen) atoms. The third-order valence-electron chi connectivity index (χ3n) is 5.72. The zero-order chi connectivity index (χ0) is 21.5. The van der Waals surface area contributed by atoms with Crippen LogP contribution in [0.15, 0.2) is 24.3 Å². The van der Waals surface area contributed by atoms with Crippen molar-refractivity contribution in [3.63, 3.8) is 0 Å². The fourth-order valence-electron chi connectivity index (χ4n) is 4.00. The number of nitrogens with zero attached hydrogens (tertiary/aromatic N) is 1. The van der Waals surface area contributed by atoms with Crippen LogP contribution in [0, 0.1) is 5.92 Å². The van der Waals surface area contributed by atoms with Crippen LogP contribution in [0.5, 0.6) is 0 Å². The summed E-state index contributed by atoms with van der Waals surface area (Å²) < 4.78 is 5.04. The second-order valence-electron chi connectivity index (χ2n) is 8.09. The van der Waals surface area contributed by atoms with Crippen LogP contribution >= 0.6 is 0 Å². The predicted molar refractivity (Wildman–Crippen MR) is 109 cm³/mol. The number of hydrogen-bond donors (Lipinski definition) is 2. The molecule has 0 bridgehead atoms. The quantitative estimate of drug-likeness (QED) is 0.694. The van der Waals surface area contributed by atoms with Crippen molar-refractivity contribution in [2.75, 3.05) is 13.2 Å². The Kier molecular flexibility index (Phi) is 7.43. The Morgan fingerprint density at radius 2 is 1.97 bits per heavy atom. The van der Waals surface area contributed by atoms with Crippen LogP contribution in [0.2, 0.25) is 0 Å². The molecule has 2 N–H and O–H groups in total. The number of carbonyl (C=O) groups is 4. The van der Waals surface area contributed by atoms with Gasteiger partial charge in [0.25, 0.3) is 5.91 Å². The molecule has 4 amide bonds. The van der Waals surface area contributed by atoms with Crippen LogP contribution < -0.4 is 10.6 Å². The average Bonchev–Trinajstić information content (AvgIpc) is 3.12. The van der Waals surface area contributed by atoms with Gasteiger partial charge in [0.2, 0.25) is 5.91 Å². The topological polar surface area (TPSA) is 105 Å². The molecule has 2 atom stereocenters. The molecule has 162 valence electrons. The van der Waals surface area contributed by atoms with E-state index in [1.54, 1.807) is 23.1 Å². The number of carbonyl (C=O) groups excluding carboxylic acids is 4. The normalized spacial score (nSPS) is 21.2. The van der Waals surface area contributed by atoms with Gasteiger partial charge in [0, 0.05) is 25.6 Å². The molecule has 1 aromatic carbocycles. The zero-order valence-electron chi connectivity index (χ0n) is 17.3. The van der Waals surface area contributed by atoms with Gasteiger partial charge in [0.15, 0.2) is 6.61 Å². The smallest absolute Gasteiger partial charge is 0.338 e. The number of benzene rings is 1. The van der Waals surface area contributed by atoms with Gasteiger partial charge in [0.05, 0.1) is 5.56 Å². The van der Waals surface area contributed by atoms with Gasteiger partial charge < -0.3 is 15.0 Å². The Balaban J connectivity index is 1.44. The van der Waals surface area contributed by atoms with E-state index < -0.39 is 24.5 Å². The van der Waals surface area contributed by atoms with Crippen molar-refractivity contribution in [2.45, 2.75) is 58.0 Å². The third kappa shape index (κ3) is 6.05. The molecule has 8 nitrogen and oxygen atoms in total. The summed E-state index contributed by atoms with van der Waals surface area (Å²) >= 11 is 0. The van der Waals surface area contributed by atoms with Crippen molar-refractivity contribution in [3.05, 3.63) is 35.4 Å². The van der Waals surface area contributed by atoms with Crippen molar-refractivity contribution >= 4 is 23.8 Å². The maximum atomic E-state index is 12.3. The van der Waals surface area contributed by atoms with Crippen LogP contribution in [-0.4, -0.2) is 47.9 Å². The van der Waals surface area contributed by atoms with Crippen LogP contribution in [-0.2, 0) is 20.9 Å². The van der Waals surface area contributed by atoms with E-state index in [1.807, 2.05) is 6.07 Å². The van der Waals surface area contributed by atoms with E-state index in [2.05, 4.69) is 17.6 Å². The van der Waals surface area contributed by atoms with Crippen LogP contribution in [0.25, 0.3) is 0 Å². The molecular formula is C22H29N3O5. The van der Waals surface area contributed by atoms with Gasteiger partial charge in [0.1, 0.15) is 0 Å². The zero-order valence-corrected chi connectivity index (χ0v) is 17.3. The van der Waals surface area contributed by atoms with Crippen molar-refractivity contribution < 1.29 is 23.9 Å². The van der Waals surface area contributed by atoms with E-state index in [0.717, 1.165) is 44.2 Å². The number of amides is 4. The highest BCUT2D eigenvalue weighted by molar-refractivity contribution is 5.97. The lowest BCUT2D eigenvalue weighted by molar-refractivity contribution is -0.128. The standard InChI is InChI=1S/C22H29N3O5/c1-15-6-2-3-9-18(15)23-22(29)24-19(26)14-30-21(28)17-8-4-7-16(12-17)13-25-11-5-10-20(25)27/h4,7-8,12,15,18H,2-3,5-6,9-11,13-14H2,1H3,(H2,23,24,26,29). The van der Waals surface area contributed by atoms with Crippen molar-refractivity contribution in [2.24, 2.45) is 5.92 Å². The summed E-state index contributed by atoms with van der Waals surface area (Å²) in [6.45, 7) is 2.71. The first kappa shape index (κ1) is 21.8. The fourth-order valence-corrected chi connectivity index (χ4v) is 4.00. The van der Waals surface area contributed by atoms with Gasteiger partial charge in [-0.05, 0) is 42.9 Å². The number of ether oxygens (including phenoxy) is 1. The fraction of sp³-hybridized carbons (Fsp3) is 0.545. The maximum Gasteiger partial charge on any atom is 0.338 e. The lowest BCUT2D eigenvalue weighted by atomic mass is 9.86. The molecule has 0 radical (unpaired) electrons. The highest BCUT2D eigenvalue weighted by Gasteiger charge is 2.24. The molecule has 1 aromatic rings. The molecule has 1 saturated carbocycles. The Morgan fingerprint density at radius 1 is 1.17 bits per heavy atom. The number of likely N-dealkylation sites (tertiary alicyclic amines) is 1. The highest BCUT2D eigenvalue weighted by Crippen LogP contribution is 2.23. The number of rotatable bonds is 6. The van der Waals surface area contributed by atoms with Crippen molar-refractivity contribution in [3.8, 4) is 0 Å². The number of hydrogen-bond acceptors (Lipinski definition) is 5. The Bertz CT molecular complexity index is 810. The van der Waals surface area contributed by atoms with Gasteiger partial charge in [-0.2, -0.15) is 0 Å². The van der Waals surface area contributed by atoms with E-state index in [-0.39, 0.29) is 11.9 Å². The summed E-state index contributed by atoms with van der Waals surface area (Å²) in [6, 6.07) is 6.29. The van der Waals surface area contributed by atoms with Crippen LogP contribution in [0.4, 0.5) is 4.79 Å². The molecule has 0 spiro atoms. The van der Waals surface area contributed by atoms with Crippen LogP contribution in [0.1, 0.15) is 61.4 Å². The molecule has 2 unspecified atom stereocenters. The monoisotopic (exact) mass is 415 g/mol. The number of urea groups is 1. The summed E-state index contributed by atoms with van der Waals surface area (Å²) in [5.41, 5.74) is 1.12. The predicted octanol–water partition coefficient (Wildman–Crippen LogP) is 2.37. The minimum Gasteiger partial charge on any atom is -0.452 e. The summed E-state index contributed by atoms with van der Waals surface area (Å²) in [7, 11) is 0. The van der Waals surface area contributed by atoms with E-state index in [1.165, 1.54) is 0 Å². The molecule has 1 aliphatic heterocycles. The third-order valence-corrected chi connectivity index (χ3v) is 5.72. The molecule has 8 heteroatoms. The Labute approximate surface area is 176 Å². The Hall–Kier alpha value is -2.90. The lowest BCUT2D eigenvalue weighted by Crippen LogP contribution is -2.48. The SMILES string of the molecule is CC1CCCCC1NC(=O)NC(=O)COC(=O)c1cccc(CN2CCCC2=O)c1. The second kappa shape index (κ2) is 10.2. The average molecular weight is 415 g/mol. The first-order chi connectivity index (χ1) is 14.4. The van der Waals surface area contributed by atoms with Gasteiger partial charge in [-0.25, -0.2) is 9.59 Å². The van der Waals surface area contributed by atoms with E-state index in [0.29, 0.717) is 24.4 Å². The molecular weight excluding hydrogens is 386 g/mol. The van der Waals surface area contributed by atoms with Gasteiger partial charge in [-0.1, -0.05) is 31.9 Å².